The van der Waals surface area contributed by atoms with Crippen LogP contribution < -0.4 is 0 Å². The van der Waals surface area contributed by atoms with Crippen LogP contribution in [0.3, 0.4) is 0 Å². The zero-order valence-electron chi connectivity index (χ0n) is 17.7. The lowest BCUT2D eigenvalue weighted by Gasteiger charge is -2.11. The number of benzene rings is 1. The number of hydrogen-bond donors (Lipinski definition) is 0. The largest absolute Gasteiger partial charge is 0.462 e. The SMILES string of the molecule is Cc1ccc(C(=O)OCCCCC(C)C)c(C(=O)OCCCCC(C)C)c1. The molecule has 0 saturated heterocycles. The van der Waals surface area contributed by atoms with Crippen molar-refractivity contribution in [3.05, 3.63) is 34.9 Å². The van der Waals surface area contributed by atoms with Gasteiger partial charge in [-0.15, -0.1) is 0 Å². The van der Waals surface area contributed by atoms with E-state index in [9.17, 15) is 9.59 Å². The molecule has 0 aliphatic carbocycles. The van der Waals surface area contributed by atoms with Crippen LogP contribution in [0.4, 0.5) is 0 Å². The van der Waals surface area contributed by atoms with Gasteiger partial charge in [-0.05, 0) is 56.6 Å². The van der Waals surface area contributed by atoms with Crippen LogP contribution >= 0.6 is 0 Å². The van der Waals surface area contributed by atoms with Crippen LogP contribution in [0, 0.1) is 18.8 Å². The van der Waals surface area contributed by atoms with E-state index < -0.39 is 11.9 Å². The molecule has 0 aromatic heterocycles. The average molecular weight is 377 g/mol. The van der Waals surface area contributed by atoms with Gasteiger partial charge >= 0.3 is 11.9 Å². The van der Waals surface area contributed by atoms with Crippen LogP contribution in [0.15, 0.2) is 18.2 Å². The van der Waals surface area contributed by atoms with Crippen LogP contribution in [-0.2, 0) is 9.47 Å². The molecule has 0 aliphatic rings. The molecule has 1 aromatic carbocycles. The van der Waals surface area contributed by atoms with Gasteiger partial charge in [0, 0.05) is 0 Å². The number of unbranched alkanes of at least 4 members (excludes halogenated alkanes) is 2. The monoisotopic (exact) mass is 376 g/mol. The van der Waals surface area contributed by atoms with Gasteiger partial charge in [0.2, 0.25) is 0 Å². The van der Waals surface area contributed by atoms with E-state index in [0.717, 1.165) is 44.1 Å². The van der Waals surface area contributed by atoms with Gasteiger partial charge in [0.05, 0.1) is 24.3 Å². The Morgan fingerprint density at radius 3 is 1.74 bits per heavy atom. The molecular formula is C23H36O4. The molecule has 0 N–H and O–H groups in total. The van der Waals surface area contributed by atoms with Gasteiger partial charge in [-0.3, -0.25) is 0 Å². The molecule has 0 fully saturated rings. The number of carbonyl (C=O) groups is 2. The molecule has 4 nitrogen and oxygen atoms in total. The van der Waals surface area contributed by atoms with Gasteiger partial charge in [0.25, 0.3) is 0 Å². The van der Waals surface area contributed by atoms with Crippen molar-refractivity contribution in [2.75, 3.05) is 13.2 Å². The Balaban J connectivity index is 2.57. The fraction of sp³-hybridized carbons (Fsp3) is 0.652. The zero-order chi connectivity index (χ0) is 20.2. The Bertz CT molecular complexity index is 590. The Morgan fingerprint density at radius 2 is 1.26 bits per heavy atom. The standard InChI is InChI=1S/C23H36O4/c1-17(2)10-6-8-14-26-22(24)20-13-12-19(5)16-21(20)23(25)27-15-9-7-11-18(3)4/h12-13,16-18H,6-11,14-15H2,1-5H3. The van der Waals surface area contributed by atoms with E-state index in [2.05, 4.69) is 27.7 Å². The van der Waals surface area contributed by atoms with Crippen molar-refractivity contribution < 1.29 is 19.1 Å². The van der Waals surface area contributed by atoms with Crippen LogP contribution in [0.25, 0.3) is 0 Å². The summed E-state index contributed by atoms with van der Waals surface area (Å²) in [5.74, 6) is 0.403. The summed E-state index contributed by atoms with van der Waals surface area (Å²) in [5, 5.41) is 0. The fourth-order valence-corrected chi connectivity index (χ4v) is 2.80. The maximum atomic E-state index is 12.4. The third-order valence-electron chi connectivity index (χ3n) is 4.43. The fourth-order valence-electron chi connectivity index (χ4n) is 2.80. The lowest BCUT2D eigenvalue weighted by molar-refractivity contribution is 0.0449. The Labute approximate surface area is 164 Å². The molecule has 0 spiro atoms. The first kappa shape index (κ1) is 23.2. The van der Waals surface area contributed by atoms with E-state index in [1.807, 2.05) is 13.0 Å². The first-order valence-electron chi connectivity index (χ1n) is 10.3. The lowest BCUT2D eigenvalue weighted by atomic mass is 10.0. The lowest BCUT2D eigenvalue weighted by Crippen LogP contribution is -2.15. The second-order valence-electron chi connectivity index (χ2n) is 8.10. The summed E-state index contributed by atoms with van der Waals surface area (Å²) in [7, 11) is 0. The molecule has 0 aliphatic heterocycles. The van der Waals surface area contributed by atoms with Gasteiger partial charge in [-0.1, -0.05) is 52.2 Å². The van der Waals surface area contributed by atoms with Crippen molar-refractivity contribution in [3.8, 4) is 0 Å². The molecule has 0 amide bonds. The molecule has 27 heavy (non-hydrogen) atoms. The highest BCUT2D eigenvalue weighted by molar-refractivity contribution is 6.03. The van der Waals surface area contributed by atoms with E-state index in [4.69, 9.17) is 9.47 Å². The minimum Gasteiger partial charge on any atom is -0.462 e. The number of hydrogen-bond acceptors (Lipinski definition) is 4. The molecular weight excluding hydrogens is 340 g/mol. The second kappa shape index (κ2) is 12.5. The van der Waals surface area contributed by atoms with E-state index >= 15 is 0 Å². The van der Waals surface area contributed by atoms with Crippen LogP contribution in [0.1, 0.15) is 92.5 Å². The third-order valence-corrected chi connectivity index (χ3v) is 4.43. The number of rotatable bonds is 12. The maximum absolute atomic E-state index is 12.4. The highest BCUT2D eigenvalue weighted by Gasteiger charge is 2.19. The first-order valence-corrected chi connectivity index (χ1v) is 10.3. The van der Waals surface area contributed by atoms with Gasteiger partial charge in [-0.25, -0.2) is 9.59 Å². The molecule has 0 bridgehead atoms. The Hall–Kier alpha value is -1.84. The van der Waals surface area contributed by atoms with Gasteiger partial charge in [-0.2, -0.15) is 0 Å². The molecule has 0 unspecified atom stereocenters. The Morgan fingerprint density at radius 1 is 0.778 bits per heavy atom. The van der Waals surface area contributed by atoms with Crippen molar-refractivity contribution >= 4 is 11.9 Å². The molecule has 1 rings (SSSR count). The van der Waals surface area contributed by atoms with E-state index in [1.165, 1.54) is 0 Å². The minimum atomic E-state index is -0.452. The van der Waals surface area contributed by atoms with Crippen molar-refractivity contribution in [2.24, 2.45) is 11.8 Å². The predicted molar refractivity (Wildman–Crippen MR) is 109 cm³/mol. The summed E-state index contributed by atoms with van der Waals surface area (Å²) in [6.45, 7) is 11.4. The molecule has 4 heteroatoms. The molecule has 152 valence electrons. The van der Waals surface area contributed by atoms with Crippen molar-refractivity contribution in [2.45, 2.75) is 73.1 Å². The normalized spacial score (nSPS) is 11.1. The van der Waals surface area contributed by atoms with E-state index in [0.29, 0.717) is 30.6 Å². The van der Waals surface area contributed by atoms with Crippen molar-refractivity contribution in [1.82, 2.24) is 0 Å². The van der Waals surface area contributed by atoms with Crippen LogP contribution in [0.2, 0.25) is 0 Å². The minimum absolute atomic E-state index is 0.289. The van der Waals surface area contributed by atoms with Crippen molar-refractivity contribution in [1.29, 1.82) is 0 Å². The molecule has 0 radical (unpaired) electrons. The van der Waals surface area contributed by atoms with E-state index in [-0.39, 0.29) is 5.56 Å². The van der Waals surface area contributed by atoms with Crippen LogP contribution in [-0.4, -0.2) is 25.2 Å². The highest BCUT2D eigenvalue weighted by Crippen LogP contribution is 2.16. The maximum Gasteiger partial charge on any atom is 0.339 e. The average Bonchev–Trinajstić information content (AvgIpc) is 2.60. The highest BCUT2D eigenvalue weighted by atomic mass is 16.5. The summed E-state index contributed by atoms with van der Waals surface area (Å²) in [6, 6.07) is 5.17. The summed E-state index contributed by atoms with van der Waals surface area (Å²) in [4.78, 5) is 24.8. The summed E-state index contributed by atoms with van der Waals surface area (Å²) in [5.41, 5.74) is 1.50. The number of esters is 2. The first-order chi connectivity index (χ1) is 12.8. The van der Waals surface area contributed by atoms with Crippen molar-refractivity contribution in [3.63, 3.8) is 0 Å². The summed E-state index contributed by atoms with van der Waals surface area (Å²) in [6.07, 6.45) is 5.98. The number of aryl methyl sites for hydroxylation is 1. The van der Waals surface area contributed by atoms with Gasteiger partial charge in [0.1, 0.15) is 0 Å². The Kier molecular flexibility index (Phi) is 10.8. The molecule has 0 saturated carbocycles. The molecule has 0 atom stereocenters. The quantitative estimate of drug-likeness (QED) is 0.333. The summed E-state index contributed by atoms with van der Waals surface area (Å²) >= 11 is 0. The predicted octanol–water partition coefficient (Wildman–Crippen LogP) is 5.96. The zero-order valence-corrected chi connectivity index (χ0v) is 17.7. The van der Waals surface area contributed by atoms with E-state index in [1.54, 1.807) is 12.1 Å². The van der Waals surface area contributed by atoms with Gasteiger partial charge < -0.3 is 9.47 Å². The van der Waals surface area contributed by atoms with Gasteiger partial charge in [0.15, 0.2) is 0 Å². The number of carbonyl (C=O) groups excluding carboxylic acids is 2. The topological polar surface area (TPSA) is 52.6 Å². The van der Waals surface area contributed by atoms with Crippen LogP contribution in [0.5, 0.6) is 0 Å². The summed E-state index contributed by atoms with van der Waals surface area (Å²) < 4.78 is 10.7. The molecule has 0 heterocycles. The second-order valence-corrected chi connectivity index (χ2v) is 8.10. The molecule has 1 aromatic rings. The smallest absolute Gasteiger partial charge is 0.339 e. The number of ether oxygens (including phenoxy) is 2. The third kappa shape index (κ3) is 9.60.